The number of hydrogen-bond acceptors (Lipinski definition) is 5. The maximum absolute atomic E-state index is 12.5. The fraction of sp³-hybridized carbons (Fsp3) is 0.125. The van der Waals surface area contributed by atoms with Gasteiger partial charge in [0.1, 0.15) is 11.3 Å². The summed E-state index contributed by atoms with van der Waals surface area (Å²) in [6, 6.07) is 15.6. The van der Waals surface area contributed by atoms with Crippen molar-refractivity contribution < 1.29 is 13.9 Å². The molecule has 0 unspecified atom stereocenters. The largest absolute Gasteiger partial charge is 0.492 e. The van der Waals surface area contributed by atoms with E-state index in [4.69, 9.17) is 56.2 Å². The van der Waals surface area contributed by atoms with Gasteiger partial charge in [-0.1, -0.05) is 46.9 Å². The van der Waals surface area contributed by atoms with Gasteiger partial charge in [0.25, 0.3) is 5.91 Å². The van der Waals surface area contributed by atoms with E-state index in [0.29, 0.717) is 62.1 Å². The van der Waals surface area contributed by atoms with Crippen LogP contribution >= 0.6 is 47.0 Å². The highest BCUT2D eigenvalue weighted by atomic mass is 35.5. The summed E-state index contributed by atoms with van der Waals surface area (Å²) in [4.78, 5) is 16.9. The van der Waals surface area contributed by atoms with Gasteiger partial charge in [0.2, 0.25) is 0 Å². The van der Waals surface area contributed by atoms with Gasteiger partial charge in [-0.3, -0.25) is 10.1 Å². The van der Waals surface area contributed by atoms with Crippen molar-refractivity contribution in [3.63, 3.8) is 0 Å². The highest BCUT2D eigenvalue weighted by Crippen LogP contribution is 2.29. The van der Waals surface area contributed by atoms with Crippen LogP contribution in [0.15, 0.2) is 59.0 Å². The summed E-state index contributed by atoms with van der Waals surface area (Å²) in [5.41, 5.74) is 3.17. The summed E-state index contributed by atoms with van der Waals surface area (Å²) in [5, 5.41) is 7.06. The van der Waals surface area contributed by atoms with Gasteiger partial charge in [-0.15, -0.1) is 0 Å². The molecule has 0 spiro atoms. The van der Waals surface area contributed by atoms with E-state index in [9.17, 15) is 4.79 Å². The maximum Gasteiger partial charge on any atom is 0.257 e. The maximum atomic E-state index is 12.5. The average Bonchev–Trinajstić information content (AvgIpc) is 3.19. The van der Waals surface area contributed by atoms with Crippen molar-refractivity contribution in [2.75, 3.05) is 11.9 Å². The number of benzene rings is 3. The number of thiocarbonyl (C=S) groups is 1. The number of amides is 1. The van der Waals surface area contributed by atoms with Crippen LogP contribution in [0.1, 0.15) is 28.7 Å². The van der Waals surface area contributed by atoms with Crippen LogP contribution in [0.4, 0.5) is 5.69 Å². The minimum Gasteiger partial charge on any atom is -0.492 e. The number of nitrogens with one attached hydrogen (secondary N) is 2. The Kier molecular flexibility index (Phi) is 7.58. The van der Waals surface area contributed by atoms with E-state index in [-0.39, 0.29) is 11.0 Å². The first-order valence-corrected chi connectivity index (χ1v) is 11.7. The molecule has 6 nitrogen and oxygen atoms in total. The van der Waals surface area contributed by atoms with Crippen molar-refractivity contribution in [3.8, 4) is 5.75 Å². The Morgan fingerprint density at radius 2 is 1.82 bits per heavy atom. The van der Waals surface area contributed by atoms with Crippen LogP contribution in [0.2, 0.25) is 15.1 Å². The van der Waals surface area contributed by atoms with Crippen molar-refractivity contribution in [3.05, 3.63) is 86.7 Å². The number of hydrogen-bond donors (Lipinski definition) is 2. The molecule has 4 rings (SSSR count). The van der Waals surface area contributed by atoms with Crippen LogP contribution in [0, 0.1) is 0 Å². The van der Waals surface area contributed by atoms with Gasteiger partial charge < -0.3 is 14.5 Å². The van der Waals surface area contributed by atoms with E-state index in [1.165, 1.54) is 6.07 Å². The van der Waals surface area contributed by atoms with Crippen molar-refractivity contribution in [1.82, 2.24) is 10.3 Å². The van der Waals surface area contributed by atoms with Gasteiger partial charge in [-0.25, -0.2) is 4.98 Å². The second kappa shape index (κ2) is 10.6. The quantitative estimate of drug-likeness (QED) is 0.262. The number of anilines is 1. The molecular formula is C24H18Cl3N3O3S. The van der Waals surface area contributed by atoms with Crippen molar-refractivity contribution in [1.29, 1.82) is 0 Å². The standard InChI is InChI=1S/C24H18Cl3N3O3S/c1-2-32-20-8-5-14(10-17(20)26)23(31)30-24(34)28-16-6-3-13(4-7-16)9-21-29-19-12-15(25)11-18(27)22(19)33-21/h3-8,10-12H,2,9H2,1H3,(H2,28,30,31,34). The Morgan fingerprint density at radius 3 is 2.53 bits per heavy atom. The summed E-state index contributed by atoms with van der Waals surface area (Å²) in [6.07, 6.45) is 0.475. The summed E-state index contributed by atoms with van der Waals surface area (Å²) >= 11 is 23.6. The zero-order chi connectivity index (χ0) is 24.2. The Morgan fingerprint density at radius 1 is 1.06 bits per heavy atom. The number of ether oxygens (including phenoxy) is 1. The second-order valence-corrected chi connectivity index (χ2v) is 8.86. The topological polar surface area (TPSA) is 76.4 Å². The average molecular weight is 535 g/mol. The molecule has 10 heteroatoms. The van der Waals surface area contributed by atoms with Crippen molar-refractivity contribution in [2.24, 2.45) is 0 Å². The molecule has 1 heterocycles. The highest BCUT2D eigenvalue weighted by molar-refractivity contribution is 7.80. The van der Waals surface area contributed by atoms with Crippen molar-refractivity contribution >= 4 is 74.8 Å². The number of nitrogens with zero attached hydrogens (tertiary/aromatic N) is 1. The minimum absolute atomic E-state index is 0.160. The molecule has 0 radical (unpaired) electrons. The smallest absolute Gasteiger partial charge is 0.257 e. The second-order valence-electron chi connectivity index (χ2n) is 7.20. The van der Waals surface area contributed by atoms with Crippen LogP contribution in [0.3, 0.4) is 0 Å². The van der Waals surface area contributed by atoms with Gasteiger partial charge in [-0.2, -0.15) is 0 Å². The zero-order valence-corrected chi connectivity index (χ0v) is 20.9. The van der Waals surface area contributed by atoms with Gasteiger partial charge in [0.15, 0.2) is 16.6 Å². The Balaban J connectivity index is 1.36. The third-order valence-electron chi connectivity index (χ3n) is 4.74. The van der Waals surface area contributed by atoms with E-state index in [2.05, 4.69) is 15.6 Å². The molecule has 0 saturated heterocycles. The first-order valence-electron chi connectivity index (χ1n) is 10.2. The number of fused-ring (bicyclic) bond motifs is 1. The fourth-order valence-electron chi connectivity index (χ4n) is 3.21. The molecule has 0 atom stereocenters. The molecule has 0 bridgehead atoms. The predicted octanol–water partition coefficient (Wildman–Crippen LogP) is 6.90. The lowest BCUT2D eigenvalue weighted by Crippen LogP contribution is -2.34. The number of halogens is 3. The molecule has 2 N–H and O–H groups in total. The first-order chi connectivity index (χ1) is 16.3. The molecule has 0 aliphatic rings. The van der Waals surface area contributed by atoms with Crippen LogP contribution in [-0.4, -0.2) is 22.6 Å². The third kappa shape index (κ3) is 5.80. The van der Waals surface area contributed by atoms with Crippen LogP contribution in [0.5, 0.6) is 5.75 Å². The summed E-state index contributed by atoms with van der Waals surface area (Å²) in [7, 11) is 0. The highest BCUT2D eigenvalue weighted by Gasteiger charge is 2.13. The molecule has 3 aromatic carbocycles. The minimum atomic E-state index is -0.381. The normalized spacial score (nSPS) is 10.8. The molecule has 0 fully saturated rings. The van der Waals surface area contributed by atoms with E-state index in [0.717, 1.165) is 5.56 Å². The summed E-state index contributed by atoms with van der Waals surface area (Å²) in [6.45, 7) is 2.34. The van der Waals surface area contributed by atoms with Crippen LogP contribution < -0.4 is 15.4 Å². The number of oxazole rings is 1. The SMILES string of the molecule is CCOc1ccc(C(=O)NC(=S)Nc2ccc(Cc3nc4cc(Cl)cc(Cl)c4o3)cc2)cc1Cl. The molecule has 0 saturated carbocycles. The van der Waals surface area contributed by atoms with Gasteiger partial charge in [0.05, 0.1) is 16.7 Å². The first kappa shape index (κ1) is 24.3. The Labute approximate surface area is 216 Å². The molecule has 1 aromatic heterocycles. The molecule has 34 heavy (non-hydrogen) atoms. The van der Waals surface area contributed by atoms with E-state index >= 15 is 0 Å². The third-order valence-corrected chi connectivity index (χ3v) is 5.74. The molecule has 1 amide bonds. The van der Waals surface area contributed by atoms with Crippen LogP contribution in [-0.2, 0) is 6.42 Å². The number of aromatic nitrogens is 1. The van der Waals surface area contributed by atoms with Gasteiger partial charge in [-0.05, 0) is 67.2 Å². The molecule has 0 aliphatic heterocycles. The lowest BCUT2D eigenvalue weighted by Gasteiger charge is -2.11. The molecular weight excluding hydrogens is 517 g/mol. The van der Waals surface area contributed by atoms with Gasteiger partial charge >= 0.3 is 0 Å². The lowest BCUT2D eigenvalue weighted by molar-refractivity contribution is 0.0977. The van der Waals surface area contributed by atoms with Crippen molar-refractivity contribution in [2.45, 2.75) is 13.3 Å². The van der Waals surface area contributed by atoms with Gasteiger partial charge in [0, 0.05) is 22.7 Å². The number of carbonyl (C=O) groups excluding carboxylic acids is 1. The summed E-state index contributed by atoms with van der Waals surface area (Å²) in [5.74, 6) is 0.664. The summed E-state index contributed by atoms with van der Waals surface area (Å²) < 4.78 is 11.1. The Hall–Kier alpha value is -2.84. The van der Waals surface area contributed by atoms with E-state index < -0.39 is 0 Å². The van der Waals surface area contributed by atoms with E-state index in [1.807, 2.05) is 31.2 Å². The Bertz CT molecular complexity index is 1370. The monoisotopic (exact) mass is 533 g/mol. The molecule has 174 valence electrons. The van der Waals surface area contributed by atoms with E-state index in [1.54, 1.807) is 24.3 Å². The fourth-order valence-corrected chi connectivity index (χ4v) is 4.18. The number of rotatable bonds is 6. The lowest BCUT2D eigenvalue weighted by atomic mass is 10.1. The molecule has 4 aromatic rings. The molecule has 0 aliphatic carbocycles. The zero-order valence-electron chi connectivity index (χ0n) is 17.8. The predicted molar refractivity (Wildman–Crippen MR) is 140 cm³/mol. The number of carbonyl (C=O) groups is 1. The van der Waals surface area contributed by atoms with Crippen LogP contribution in [0.25, 0.3) is 11.1 Å².